The van der Waals surface area contributed by atoms with Gasteiger partial charge in [-0.1, -0.05) is 42.8 Å². The van der Waals surface area contributed by atoms with Crippen LogP contribution >= 0.6 is 27.5 Å². The molecule has 0 radical (unpaired) electrons. The van der Waals surface area contributed by atoms with Crippen molar-refractivity contribution < 1.29 is 18.7 Å². The number of aromatic amines is 1. The van der Waals surface area contributed by atoms with Crippen LogP contribution in [-0.2, 0) is 22.5 Å². The van der Waals surface area contributed by atoms with E-state index < -0.39 is 5.91 Å². The number of esters is 1. The summed E-state index contributed by atoms with van der Waals surface area (Å²) in [7, 11) is 0. The highest BCUT2D eigenvalue weighted by Crippen LogP contribution is 2.48. The van der Waals surface area contributed by atoms with Crippen molar-refractivity contribution in [2.45, 2.75) is 39.7 Å². The van der Waals surface area contributed by atoms with Gasteiger partial charge in [0.15, 0.2) is 11.0 Å². The monoisotopic (exact) mass is 639 g/mol. The first-order valence-corrected chi connectivity index (χ1v) is 14.3. The summed E-state index contributed by atoms with van der Waals surface area (Å²) in [4.78, 5) is 29.8. The summed E-state index contributed by atoms with van der Waals surface area (Å²) in [5.74, 6) is 0.391. The summed E-state index contributed by atoms with van der Waals surface area (Å²) in [6.07, 6.45) is 4.76. The van der Waals surface area contributed by atoms with E-state index in [0.717, 1.165) is 44.3 Å². The predicted octanol–water partition coefficient (Wildman–Crippen LogP) is 5.53. The van der Waals surface area contributed by atoms with Crippen LogP contribution in [0.1, 0.15) is 48.6 Å². The number of nitrogens with zero attached hydrogens (tertiary/aromatic N) is 5. The number of halogens is 2. The highest BCUT2D eigenvalue weighted by Gasteiger charge is 2.29. The number of nitrogens with one attached hydrogen (secondary N) is 2. The molecule has 3 aromatic rings. The van der Waals surface area contributed by atoms with Crippen molar-refractivity contribution >= 4 is 39.4 Å². The van der Waals surface area contributed by atoms with Gasteiger partial charge in [-0.2, -0.15) is 0 Å². The van der Waals surface area contributed by atoms with E-state index >= 15 is 0 Å². The van der Waals surface area contributed by atoms with Crippen molar-refractivity contribution in [2.24, 2.45) is 0 Å². The first-order chi connectivity index (χ1) is 19.9. The molecule has 2 N–H and O–H groups in total. The quantitative estimate of drug-likeness (QED) is 0.180. The van der Waals surface area contributed by atoms with Crippen LogP contribution in [0.15, 0.2) is 51.7 Å². The normalized spacial score (nSPS) is 11.2. The molecule has 0 unspecified atom stereocenters. The highest BCUT2D eigenvalue weighted by molar-refractivity contribution is 9.10. The SMILES string of the molecule is CCCc1nc(Cl)c(C(=O)NCCC(=O)OCC)n1Cc1c2ccocc-2c(Br)c1-c1ccccc1-c1nnn[nH]1. The Labute approximate surface area is 249 Å². The first-order valence-electron chi connectivity index (χ1n) is 13.1. The number of H-pyrrole nitrogens is 1. The molecule has 5 rings (SSSR count). The van der Waals surface area contributed by atoms with Gasteiger partial charge in [0.05, 0.1) is 32.1 Å². The van der Waals surface area contributed by atoms with Gasteiger partial charge in [0.25, 0.3) is 5.91 Å². The lowest BCUT2D eigenvalue weighted by Crippen LogP contribution is -2.29. The maximum absolute atomic E-state index is 13.4. The molecular formula is C28H27BrClN7O4. The minimum Gasteiger partial charge on any atom is -0.472 e. The molecule has 13 heteroatoms. The molecule has 3 heterocycles. The highest BCUT2D eigenvalue weighted by atomic mass is 79.9. The number of hydrogen-bond donors (Lipinski definition) is 2. The number of hydrogen-bond acceptors (Lipinski definition) is 8. The fourth-order valence-electron chi connectivity index (χ4n) is 4.85. The molecule has 0 fully saturated rings. The van der Waals surface area contributed by atoms with Gasteiger partial charge in [0, 0.05) is 34.1 Å². The summed E-state index contributed by atoms with van der Waals surface area (Å²) in [6.45, 7) is 4.45. The predicted molar refractivity (Wildman–Crippen MR) is 156 cm³/mol. The van der Waals surface area contributed by atoms with Crippen LogP contribution in [0.4, 0.5) is 0 Å². The standard InChI is InChI=1S/C28H27BrClN7O4/c1-3-7-21-32-26(30)25(28(39)31-12-10-22(38)41-4-2)37(21)14-19-16-11-13-40-15-20(16)24(29)23(19)17-8-5-6-9-18(17)27-33-35-36-34-27/h5-6,8-9,11,13,15H,3-4,7,10,12,14H2,1-2H3,(H,31,39)(H,33,34,35,36). The minimum atomic E-state index is -0.422. The molecule has 11 nitrogen and oxygen atoms in total. The number of amides is 1. The fourth-order valence-corrected chi connectivity index (χ4v) is 5.90. The van der Waals surface area contributed by atoms with Gasteiger partial charge in [-0.3, -0.25) is 9.59 Å². The van der Waals surface area contributed by atoms with Crippen molar-refractivity contribution in [1.29, 1.82) is 0 Å². The average Bonchev–Trinajstić information content (AvgIpc) is 3.67. The number of rotatable bonds is 11. The van der Waals surface area contributed by atoms with Crippen molar-refractivity contribution in [3.63, 3.8) is 0 Å². The third-order valence-electron chi connectivity index (χ3n) is 6.60. The number of aromatic nitrogens is 6. The topological polar surface area (TPSA) is 141 Å². The summed E-state index contributed by atoms with van der Waals surface area (Å²) in [6, 6.07) is 9.69. The molecular weight excluding hydrogens is 614 g/mol. The third kappa shape index (κ3) is 5.75. The van der Waals surface area contributed by atoms with E-state index in [1.807, 2.05) is 41.8 Å². The number of carbonyl (C=O) groups is 2. The zero-order valence-corrected chi connectivity index (χ0v) is 24.8. The number of carbonyl (C=O) groups excluding carboxylic acids is 2. The van der Waals surface area contributed by atoms with Crippen molar-refractivity contribution in [3.05, 3.63) is 69.6 Å². The van der Waals surface area contributed by atoms with Crippen LogP contribution in [0.2, 0.25) is 5.15 Å². The first kappa shape index (κ1) is 28.5. The minimum absolute atomic E-state index is 0.0501. The van der Waals surface area contributed by atoms with Crippen molar-refractivity contribution in [1.82, 2.24) is 35.5 Å². The fraction of sp³-hybridized carbons (Fsp3) is 0.286. The van der Waals surface area contributed by atoms with E-state index in [1.165, 1.54) is 0 Å². The number of fused-ring (bicyclic) bond motifs is 1. The molecule has 1 amide bonds. The number of tetrazole rings is 1. The Morgan fingerprint density at radius 3 is 2.68 bits per heavy atom. The molecule has 2 aromatic heterocycles. The molecule has 0 spiro atoms. The molecule has 41 heavy (non-hydrogen) atoms. The van der Waals surface area contributed by atoms with Gasteiger partial charge in [-0.05, 0) is 62.5 Å². The molecule has 0 bridgehead atoms. The zero-order chi connectivity index (χ0) is 28.9. The molecule has 1 aliphatic heterocycles. The van der Waals surface area contributed by atoms with Crippen molar-refractivity contribution in [2.75, 3.05) is 13.2 Å². The maximum atomic E-state index is 13.4. The molecule has 212 valence electrons. The van der Waals surface area contributed by atoms with E-state index in [1.54, 1.807) is 19.5 Å². The number of aryl methyl sites for hydroxylation is 1. The second kappa shape index (κ2) is 12.6. The number of benzene rings is 1. The Balaban J connectivity index is 1.62. The maximum Gasteiger partial charge on any atom is 0.307 e. The second-order valence-electron chi connectivity index (χ2n) is 9.16. The Morgan fingerprint density at radius 1 is 1.15 bits per heavy atom. The second-order valence-corrected chi connectivity index (χ2v) is 10.3. The van der Waals surface area contributed by atoms with E-state index in [9.17, 15) is 9.59 Å². The number of imidazole rings is 1. The van der Waals surface area contributed by atoms with Gasteiger partial charge in [0.1, 0.15) is 11.5 Å². The van der Waals surface area contributed by atoms with Gasteiger partial charge >= 0.3 is 5.97 Å². The van der Waals surface area contributed by atoms with E-state index in [-0.39, 0.29) is 36.4 Å². The molecule has 0 atom stereocenters. The van der Waals surface area contributed by atoms with Gasteiger partial charge in [-0.25, -0.2) is 10.1 Å². The Bertz CT molecular complexity index is 1650. The van der Waals surface area contributed by atoms with Crippen LogP contribution in [0, 0.1) is 0 Å². The van der Waals surface area contributed by atoms with E-state index in [4.69, 9.17) is 20.8 Å². The zero-order valence-electron chi connectivity index (χ0n) is 22.4. The lowest BCUT2D eigenvalue weighted by atomic mass is 9.97. The van der Waals surface area contributed by atoms with E-state index in [0.29, 0.717) is 24.6 Å². The van der Waals surface area contributed by atoms with Crippen LogP contribution < -0.4 is 5.32 Å². The van der Waals surface area contributed by atoms with E-state index in [2.05, 4.69) is 46.9 Å². The molecule has 2 aliphatic rings. The van der Waals surface area contributed by atoms with Crippen LogP contribution in [0.5, 0.6) is 0 Å². The van der Waals surface area contributed by atoms with Gasteiger partial charge in [0.2, 0.25) is 0 Å². The average molecular weight is 641 g/mol. The summed E-state index contributed by atoms with van der Waals surface area (Å²) >= 11 is 10.4. The van der Waals surface area contributed by atoms with Crippen molar-refractivity contribution in [3.8, 4) is 33.6 Å². The summed E-state index contributed by atoms with van der Waals surface area (Å²) in [5, 5.41) is 17.4. The Morgan fingerprint density at radius 2 is 1.95 bits per heavy atom. The molecule has 0 saturated heterocycles. The Hall–Kier alpha value is -4.03. The summed E-state index contributed by atoms with van der Waals surface area (Å²) < 4.78 is 13.2. The molecule has 0 saturated carbocycles. The lowest BCUT2D eigenvalue weighted by Gasteiger charge is -2.15. The van der Waals surface area contributed by atoms with Crippen LogP contribution in [0.25, 0.3) is 33.6 Å². The number of ether oxygens (including phenoxy) is 1. The van der Waals surface area contributed by atoms with Gasteiger partial charge in [-0.15, -0.1) is 5.10 Å². The molecule has 1 aliphatic carbocycles. The van der Waals surface area contributed by atoms with Crippen LogP contribution in [0.3, 0.4) is 0 Å². The van der Waals surface area contributed by atoms with Gasteiger partial charge < -0.3 is 19.0 Å². The Kier molecular flexibility index (Phi) is 8.79. The third-order valence-corrected chi connectivity index (χ3v) is 7.69. The molecule has 1 aromatic carbocycles. The lowest BCUT2D eigenvalue weighted by molar-refractivity contribution is -0.142. The van der Waals surface area contributed by atoms with Crippen LogP contribution in [-0.4, -0.2) is 55.2 Å². The largest absolute Gasteiger partial charge is 0.472 e. The smallest absolute Gasteiger partial charge is 0.307 e. The summed E-state index contributed by atoms with van der Waals surface area (Å²) in [5.41, 5.74) is 5.54.